The first-order chi connectivity index (χ1) is 14.1. The van der Waals surface area contributed by atoms with Gasteiger partial charge < -0.3 is 0 Å². The summed E-state index contributed by atoms with van der Waals surface area (Å²) in [6, 6.07) is 3.51. The van der Waals surface area contributed by atoms with Gasteiger partial charge in [-0.1, -0.05) is 0 Å². The quantitative estimate of drug-likeness (QED) is 0.597. The molecule has 0 spiro atoms. The van der Waals surface area contributed by atoms with Crippen LogP contribution in [0.25, 0.3) is 11.4 Å². The summed E-state index contributed by atoms with van der Waals surface area (Å²) in [6.45, 7) is -2.55. The van der Waals surface area contributed by atoms with Crippen LogP contribution in [0.4, 0.5) is 15.8 Å². The Hall–Kier alpha value is -2.65. The molecule has 0 aliphatic heterocycles. The maximum atomic E-state index is 14.4. The van der Waals surface area contributed by atoms with Gasteiger partial charge in [-0.3, -0.25) is 0 Å². The van der Waals surface area contributed by atoms with E-state index in [9.17, 15) is 9.18 Å². The minimum absolute atomic E-state index is 0.0187. The maximum absolute atomic E-state index is 14.4. The molecule has 1 aromatic carbocycles. The minimum atomic E-state index is -2.55. The van der Waals surface area contributed by atoms with Crippen molar-refractivity contribution in [3.8, 4) is 17.1 Å². The number of benzene rings is 1. The standard InChI is InChI=1S/C15H12ClFN6O3.Zn/c1-23-6-18-14(22-23)8-3-7(17)4-10(13(8)26-2)19-9-5-11(16)20-21-12(9)15(24)25;/h3-6H,1-2H3,(H,19,20)(H,24,25);/q;+1/p-1/i1D3;. The number of rotatable bonds is 5. The molecule has 9 nitrogen and oxygen atoms in total. The summed E-state index contributed by atoms with van der Waals surface area (Å²) in [4.78, 5) is 15.9. The van der Waals surface area contributed by atoms with Gasteiger partial charge in [0.25, 0.3) is 0 Å². The third-order valence-corrected chi connectivity index (χ3v) is 4.08. The molecular formula is C15H11ClFN6O3Zn. The van der Waals surface area contributed by atoms with Gasteiger partial charge in [0.05, 0.1) is 0 Å². The first kappa shape index (κ1) is 15.4. The number of hydrogen-bond acceptors (Lipinski definition) is 8. The molecule has 27 heavy (non-hydrogen) atoms. The molecule has 0 radical (unpaired) electrons. The van der Waals surface area contributed by atoms with E-state index in [2.05, 4.69) is 25.6 Å². The van der Waals surface area contributed by atoms with E-state index < -0.39 is 18.8 Å². The molecule has 0 saturated heterocycles. The van der Waals surface area contributed by atoms with E-state index >= 15 is 0 Å². The molecule has 3 rings (SSSR count). The summed E-state index contributed by atoms with van der Waals surface area (Å²) in [5.74, 6) is -1.42. The van der Waals surface area contributed by atoms with E-state index in [-0.39, 0.29) is 58.0 Å². The van der Waals surface area contributed by atoms with Crippen LogP contribution in [0.1, 0.15) is 14.6 Å². The molecule has 3 aromatic rings. The van der Waals surface area contributed by atoms with Gasteiger partial charge in [0.1, 0.15) is 0 Å². The summed E-state index contributed by atoms with van der Waals surface area (Å²) in [6.07, 6.45) is 1.01. The van der Waals surface area contributed by atoms with E-state index in [0.29, 0.717) is 4.68 Å². The van der Waals surface area contributed by atoms with Crippen LogP contribution in [-0.2, 0) is 29.2 Å². The predicted molar refractivity (Wildman–Crippen MR) is 88.7 cm³/mol. The molecule has 0 bridgehead atoms. The number of halogens is 2. The van der Waals surface area contributed by atoms with Crippen molar-refractivity contribution < 1.29 is 40.3 Å². The molecule has 0 aliphatic carbocycles. The number of aryl methyl sites for hydroxylation is 1. The average Bonchev–Trinajstić information content (AvgIpc) is 3.18. The SMILES string of the molecule is [2H]C([2H])([2H])n1cnc(-c2cc(F)cc(Nc3cc(Cl)nnc3C(=O)[O][Zn])c2OC)n1. The van der Waals surface area contributed by atoms with Crippen LogP contribution in [0, 0.1) is 5.82 Å². The first-order valence-electron chi connectivity index (χ1n) is 8.70. The zero-order valence-corrected chi connectivity index (χ0v) is 17.5. The van der Waals surface area contributed by atoms with Gasteiger partial charge in [0.2, 0.25) is 0 Å². The zero-order valence-electron chi connectivity index (χ0n) is 16.7. The summed E-state index contributed by atoms with van der Waals surface area (Å²) in [7, 11) is 1.33. The first-order valence-corrected chi connectivity index (χ1v) is 8.79. The van der Waals surface area contributed by atoms with Gasteiger partial charge in [0, 0.05) is 4.11 Å². The Morgan fingerprint density at radius 1 is 1.37 bits per heavy atom. The number of hydrogen-bond donors (Lipinski definition) is 1. The van der Waals surface area contributed by atoms with Gasteiger partial charge in [-0.15, -0.1) is 0 Å². The molecule has 0 unspecified atom stereocenters. The van der Waals surface area contributed by atoms with Crippen molar-refractivity contribution in [3.63, 3.8) is 0 Å². The number of aromatic nitrogens is 5. The summed E-state index contributed by atoms with van der Waals surface area (Å²) >= 11 is 6.10. The van der Waals surface area contributed by atoms with Crippen molar-refractivity contribution in [3.05, 3.63) is 41.2 Å². The molecule has 0 aliphatic rings. The number of anilines is 2. The van der Waals surface area contributed by atoms with Crippen LogP contribution < -0.4 is 10.1 Å². The second-order valence-electron chi connectivity index (χ2n) is 5.03. The number of nitrogens with one attached hydrogen (secondary N) is 1. The molecule has 0 saturated carbocycles. The fourth-order valence-electron chi connectivity index (χ4n) is 2.29. The van der Waals surface area contributed by atoms with Crippen molar-refractivity contribution in [2.45, 2.75) is 0 Å². The number of carbonyl (C=O) groups excluding carboxylic acids is 1. The Labute approximate surface area is 172 Å². The van der Waals surface area contributed by atoms with Crippen LogP contribution in [0.2, 0.25) is 5.15 Å². The van der Waals surface area contributed by atoms with Crippen LogP contribution in [0.3, 0.4) is 0 Å². The predicted octanol–water partition coefficient (Wildman–Crippen LogP) is 2.44. The molecule has 1 N–H and O–H groups in total. The molecule has 12 heteroatoms. The summed E-state index contributed by atoms with van der Waals surface area (Å²) in [5.41, 5.74) is 0.109. The number of nitrogens with zero attached hydrogens (tertiary/aromatic N) is 5. The van der Waals surface area contributed by atoms with E-state index in [1.54, 1.807) is 0 Å². The Morgan fingerprint density at radius 2 is 2.19 bits per heavy atom. The number of ether oxygens (including phenoxy) is 1. The van der Waals surface area contributed by atoms with E-state index in [1.165, 1.54) is 13.2 Å². The van der Waals surface area contributed by atoms with E-state index in [4.69, 9.17) is 24.0 Å². The Kier molecular flexibility index (Phi) is 4.53. The molecule has 2 heterocycles. The molecule has 0 fully saturated rings. The van der Waals surface area contributed by atoms with Crippen LogP contribution in [0.15, 0.2) is 24.5 Å². The Balaban J connectivity index is 2.11. The normalized spacial score (nSPS) is 12.7. The van der Waals surface area contributed by atoms with Crippen molar-refractivity contribution in [2.75, 3.05) is 12.4 Å². The van der Waals surface area contributed by atoms with Crippen molar-refractivity contribution in [1.82, 2.24) is 25.0 Å². The zero-order chi connectivity index (χ0) is 22.1. The number of carbonyl (C=O) groups is 1. The molecule has 135 valence electrons. The third-order valence-electron chi connectivity index (χ3n) is 3.35. The van der Waals surface area contributed by atoms with Crippen molar-refractivity contribution in [1.29, 1.82) is 0 Å². The average molecular weight is 446 g/mol. The fraction of sp³-hybridized carbons (Fsp3) is 0.133. The topological polar surface area (TPSA) is 104 Å². The van der Waals surface area contributed by atoms with Crippen LogP contribution >= 0.6 is 11.6 Å². The molecular weight excluding hydrogens is 432 g/mol. The van der Waals surface area contributed by atoms with E-state index in [1.807, 2.05) is 0 Å². The second kappa shape index (κ2) is 7.93. The fourth-order valence-corrected chi connectivity index (χ4v) is 2.72. The summed E-state index contributed by atoms with van der Waals surface area (Å²) in [5, 5.41) is 14.0. The number of methoxy groups -OCH3 is 1. The van der Waals surface area contributed by atoms with Gasteiger partial charge in [-0.2, -0.15) is 0 Å². The van der Waals surface area contributed by atoms with Gasteiger partial charge in [-0.25, -0.2) is 0 Å². The van der Waals surface area contributed by atoms with Gasteiger partial charge in [-0.05, 0) is 0 Å². The van der Waals surface area contributed by atoms with Crippen molar-refractivity contribution in [2.24, 2.45) is 6.98 Å². The molecule has 0 atom stereocenters. The van der Waals surface area contributed by atoms with Crippen LogP contribution in [0.5, 0.6) is 5.75 Å². The third kappa shape index (κ3) is 4.04. The Bertz CT molecular complexity index is 1110. The second-order valence-corrected chi connectivity index (χ2v) is 6.03. The Morgan fingerprint density at radius 3 is 2.85 bits per heavy atom. The molecule has 2 aromatic heterocycles. The van der Waals surface area contributed by atoms with Gasteiger partial charge in [0.15, 0.2) is 0 Å². The van der Waals surface area contributed by atoms with Crippen molar-refractivity contribution >= 4 is 28.9 Å². The monoisotopic (exact) mass is 444 g/mol. The summed E-state index contributed by atoms with van der Waals surface area (Å²) < 4.78 is 47.4. The molecule has 0 amide bonds. The van der Waals surface area contributed by atoms with Gasteiger partial charge >= 0.3 is 168 Å². The van der Waals surface area contributed by atoms with E-state index in [0.717, 1.165) is 18.5 Å². The van der Waals surface area contributed by atoms with Crippen LogP contribution in [-0.4, -0.2) is 38.0 Å².